The van der Waals surface area contributed by atoms with Gasteiger partial charge in [-0.05, 0) is 56.9 Å². The Kier molecular flexibility index (Phi) is 5.62. The molecular formula is C28H28FN7O. The second-order valence-corrected chi connectivity index (χ2v) is 9.87. The van der Waals surface area contributed by atoms with Gasteiger partial charge in [0, 0.05) is 54.1 Å². The van der Waals surface area contributed by atoms with Gasteiger partial charge in [0.25, 0.3) is 0 Å². The number of carbonyl (C=O) groups excluding carboxylic acids is 1. The minimum absolute atomic E-state index is 0.0177. The van der Waals surface area contributed by atoms with Crippen molar-refractivity contribution in [2.75, 3.05) is 11.1 Å². The molecule has 0 spiro atoms. The number of hydrogen-bond acceptors (Lipinski definition) is 5. The molecule has 4 heterocycles. The van der Waals surface area contributed by atoms with Crippen LogP contribution in [0.1, 0.15) is 43.1 Å². The van der Waals surface area contributed by atoms with Crippen molar-refractivity contribution < 1.29 is 9.18 Å². The maximum atomic E-state index is 15.7. The van der Waals surface area contributed by atoms with E-state index in [1.165, 1.54) is 0 Å². The van der Waals surface area contributed by atoms with Gasteiger partial charge in [-0.25, -0.2) is 14.4 Å². The van der Waals surface area contributed by atoms with Gasteiger partial charge in [-0.3, -0.25) is 14.2 Å². The summed E-state index contributed by atoms with van der Waals surface area (Å²) < 4.78 is 19.4. The summed E-state index contributed by atoms with van der Waals surface area (Å²) in [6.07, 6.45) is 10.1. The minimum Gasteiger partial charge on any atom is -0.382 e. The first kappa shape index (κ1) is 23.1. The van der Waals surface area contributed by atoms with Crippen molar-refractivity contribution in [2.24, 2.45) is 13.0 Å². The Balaban J connectivity index is 1.29. The summed E-state index contributed by atoms with van der Waals surface area (Å²) >= 11 is 0. The summed E-state index contributed by atoms with van der Waals surface area (Å²) in [6.45, 7) is 1.91. The SMILES string of the molecule is Cc1ccc(NC(=O)C2CCC(c3nc(-c4ccc5ccn(C)c5c4F)c4c(N)nccn34)CC2)cn1. The molecule has 1 amide bonds. The van der Waals surface area contributed by atoms with Gasteiger partial charge in [-0.2, -0.15) is 0 Å². The van der Waals surface area contributed by atoms with E-state index in [0.717, 1.165) is 42.6 Å². The van der Waals surface area contributed by atoms with E-state index in [4.69, 9.17) is 10.7 Å². The normalized spacial score (nSPS) is 17.9. The Hall–Kier alpha value is -4.27. The van der Waals surface area contributed by atoms with Crippen LogP contribution in [0.2, 0.25) is 0 Å². The largest absolute Gasteiger partial charge is 0.382 e. The number of nitrogens with two attached hydrogens (primary N) is 1. The number of rotatable bonds is 4. The molecule has 3 N–H and O–H groups in total. The molecule has 1 aromatic carbocycles. The van der Waals surface area contributed by atoms with Crippen molar-refractivity contribution in [3.63, 3.8) is 0 Å². The number of amides is 1. The molecule has 8 nitrogen and oxygen atoms in total. The quantitative estimate of drug-likeness (QED) is 0.354. The van der Waals surface area contributed by atoms with Crippen LogP contribution in [-0.4, -0.2) is 29.8 Å². The number of imidazole rings is 1. The Morgan fingerprint density at radius 3 is 2.62 bits per heavy atom. The number of fused-ring (bicyclic) bond motifs is 2. The minimum atomic E-state index is -0.328. The number of aryl methyl sites for hydroxylation is 2. The molecule has 9 heteroatoms. The number of nitrogens with zero attached hydrogens (tertiary/aromatic N) is 5. The summed E-state index contributed by atoms with van der Waals surface area (Å²) in [5.74, 6) is 0.867. The summed E-state index contributed by atoms with van der Waals surface area (Å²) in [5, 5.41) is 3.82. The zero-order chi connectivity index (χ0) is 25.7. The summed E-state index contributed by atoms with van der Waals surface area (Å²) in [7, 11) is 1.83. The lowest BCUT2D eigenvalue weighted by molar-refractivity contribution is -0.120. The van der Waals surface area contributed by atoms with Crippen molar-refractivity contribution in [2.45, 2.75) is 38.5 Å². The molecule has 5 aromatic rings. The standard InChI is InChI=1S/C28H28FN7O/c1-16-3-9-20(15-32-16)33-28(37)19-6-4-18(5-7-19)27-34-23(25-26(30)31-12-14-36(25)27)21-10-8-17-11-13-35(2)24(17)22(21)29/h3,8-15,18-19H,4-7H2,1-2H3,(H2,30,31)(H,33,37). The fourth-order valence-electron chi connectivity index (χ4n) is 5.48. The second kappa shape index (κ2) is 8.99. The van der Waals surface area contributed by atoms with Crippen LogP contribution in [0, 0.1) is 18.7 Å². The first-order valence-corrected chi connectivity index (χ1v) is 12.5. The topological polar surface area (TPSA) is 103 Å². The lowest BCUT2D eigenvalue weighted by atomic mass is 9.81. The van der Waals surface area contributed by atoms with E-state index in [9.17, 15) is 4.79 Å². The Bertz CT molecular complexity index is 1630. The number of aromatic nitrogens is 5. The third-order valence-electron chi connectivity index (χ3n) is 7.49. The van der Waals surface area contributed by atoms with Crippen LogP contribution in [0.5, 0.6) is 0 Å². The fraction of sp³-hybridized carbons (Fsp3) is 0.286. The van der Waals surface area contributed by atoms with Gasteiger partial charge in [-0.1, -0.05) is 6.07 Å². The molecule has 0 atom stereocenters. The molecule has 4 aromatic heterocycles. The number of nitrogen functional groups attached to an aromatic ring is 1. The van der Waals surface area contributed by atoms with Gasteiger partial charge in [0.15, 0.2) is 5.82 Å². The smallest absolute Gasteiger partial charge is 0.227 e. The van der Waals surface area contributed by atoms with Gasteiger partial charge in [0.05, 0.1) is 17.4 Å². The van der Waals surface area contributed by atoms with Crippen molar-refractivity contribution in [3.8, 4) is 11.3 Å². The summed E-state index contributed by atoms with van der Waals surface area (Å²) in [6, 6.07) is 9.30. The maximum Gasteiger partial charge on any atom is 0.227 e. The van der Waals surface area contributed by atoms with Gasteiger partial charge in [0.1, 0.15) is 22.9 Å². The zero-order valence-electron chi connectivity index (χ0n) is 20.8. The van der Waals surface area contributed by atoms with Crippen LogP contribution in [0.15, 0.2) is 55.1 Å². The first-order chi connectivity index (χ1) is 17.9. The predicted octanol–water partition coefficient (Wildman–Crippen LogP) is 5.23. The highest BCUT2D eigenvalue weighted by Gasteiger charge is 2.31. The Labute approximate surface area is 213 Å². The molecule has 0 aliphatic heterocycles. The number of hydrogen-bond donors (Lipinski definition) is 2. The molecule has 1 saturated carbocycles. The van der Waals surface area contributed by atoms with Gasteiger partial charge in [0.2, 0.25) is 5.91 Å². The Morgan fingerprint density at radius 1 is 1.05 bits per heavy atom. The van der Waals surface area contributed by atoms with E-state index < -0.39 is 0 Å². The number of pyridine rings is 1. The van der Waals surface area contributed by atoms with Crippen LogP contribution in [-0.2, 0) is 11.8 Å². The Morgan fingerprint density at radius 2 is 1.86 bits per heavy atom. The van der Waals surface area contributed by atoms with Crippen LogP contribution < -0.4 is 11.1 Å². The van der Waals surface area contributed by atoms with Crippen molar-refractivity contribution in [1.82, 2.24) is 23.9 Å². The molecule has 0 saturated heterocycles. The maximum absolute atomic E-state index is 15.7. The number of benzene rings is 1. The molecule has 0 radical (unpaired) electrons. The van der Waals surface area contributed by atoms with Crippen LogP contribution in [0.25, 0.3) is 27.7 Å². The molecule has 1 aliphatic rings. The van der Waals surface area contributed by atoms with Gasteiger partial charge >= 0.3 is 0 Å². The van der Waals surface area contributed by atoms with E-state index >= 15 is 4.39 Å². The molecular weight excluding hydrogens is 469 g/mol. The molecule has 188 valence electrons. The van der Waals surface area contributed by atoms with E-state index in [1.807, 2.05) is 55.0 Å². The summed E-state index contributed by atoms with van der Waals surface area (Å²) in [5.41, 5.74) is 9.94. The second-order valence-electron chi connectivity index (χ2n) is 9.87. The number of nitrogens with one attached hydrogen (secondary N) is 1. The molecule has 1 aliphatic carbocycles. The van der Waals surface area contributed by atoms with Crippen molar-refractivity contribution in [1.29, 1.82) is 0 Å². The van der Waals surface area contributed by atoms with Crippen LogP contribution in [0.4, 0.5) is 15.9 Å². The highest BCUT2D eigenvalue weighted by atomic mass is 19.1. The molecule has 37 heavy (non-hydrogen) atoms. The van der Waals surface area contributed by atoms with Crippen LogP contribution >= 0.6 is 0 Å². The number of halogens is 1. The number of carbonyl (C=O) groups is 1. The monoisotopic (exact) mass is 497 g/mol. The van der Waals surface area contributed by atoms with E-state index in [0.29, 0.717) is 33.8 Å². The summed E-state index contributed by atoms with van der Waals surface area (Å²) in [4.78, 5) is 26.3. The lowest BCUT2D eigenvalue weighted by Crippen LogP contribution is -2.27. The molecule has 0 bridgehead atoms. The van der Waals surface area contributed by atoms with Gasteiger partial charge < -0.3 is 15.6 Å². The van der Waals surface area contributed by atoms with Gasteiger partial charge in [-0.15, -0.1) is 0 Å². The first-order valence-electron chi connectivity index (χ1n) is 12.5. The predicted molar refractivity (Wildman–Crippen MR) is 142 cm³/mol. The average molecular weight is 498 g/mol. The molecule has 6 rings (SSSR count). The van der Waals surface area contributed by atoms with E-state index in [1.54, 1.807) is 23.0 Å². The molecule has 0 unspecified atom stereocenters. The van der Waals surface area contributed by atoms with Crippen LogP contribution in [0.3, 0.4) is 0 Å². The lowest BCUT2D eigenvalue weighted by Gasteiger charge is -2.27. The average Bonchev–Trinajstić information content (AvgIpc) is 3.48. The zero-order valence-corrected chi connectivity index (χ0v) is 20.8. The number of anilines is 2. The van der Waals surface area contributed by atoms with E-state index in [2.05, 4.69) is 15.3 Å². The third-order valence-corrected chi connectivity index (χ3v) is 7.49. The highest BCUT2D eigenvalue weighted by molar-refractivity contribution is 5.93. The fourth-order valence-corrected chi connectivity index (χ4v) is 5.48. The highest BCUT2D eigenvalue weighted by Crippen LogP contribution is 2.40. The third kappa shape index (κ3) is 4.00. The van der Waals surface area contributed by atoms with E-state index in [-0.39, 0.29) is 23.6 Å². The molecule has 1 fully saturated rings. The van der Waals surface area contributed by atoms with Crippen molar-refractivity contribution in [3.05, 3.63) is 72.5 Å². The van der Waals surface area contributed by atoms with Crippen molar-refractivity contribution >= 4 is 33.8 Å².